The molecule has 30 heavy (non-hydrogen) atoms. The summed E-state index contributed by atoms with van der Waals surface area (Å²) in [6, 6.07) is 7.91. The van der Waals surface area contributed by atoms with E-state index in [0.29, 0.717) is 16.5 Å². The number of nitrogens with zero attached hydrogens (tertiary/aromatic N) is 1. The van der Waals surface area contributed by atoms with Crippen LogP contribution in [0.15, 0.2) is 40.2 Å². The quantitative estimate of drug-likeness (QED) is 0.526. The number of amides is 2. The molecule has 2 amide bonds. The van der Waals surface area contributed by atoms with Gasteiger partial charge in [0.15, 0.2) is 6.61 Å². The molecule has 10 heteroatoms. The van der Waals surface area contributed by atoms with Crippen molar-refractivity contribution in [3.05, 3.63) is 63.9 Å². The molecular weight excluding hydrogens is 410 g/mol. The smallest absolute Gasteiger partial charge is 0.338 e. The number of carbonyl (C=O) groups excluding carboxylic acids is 3. The number of esters is 1. The molecule has 0 fully saturated rings. The zero-order valence-corrected chi connectivity index (χ0v) is 17.1. The summed E-state index contributed by atoms with van der Waals surface area (Å²) in [6.45, 7) is 3.33. The Morgan fingerprint density at radius 1 is 1.23 bits per heavy atom. The number of thiophene rings is 1. The minimum Gasteiger partial charge on any atom is -0.489 e. The van der Waals surface area contributed by atoms with Crippen molar-refractivity contribution in [1.29, 1.82) is 0 Å². The Bertz CT molecular complexity index is 1070. The van der Waals surface area contributed by atoms with E-state index in [9.17, 15) is 14.4 Å². The second kappa shape index (κ2) is 9.23. The molecule has 156 valence electrons. The molecule has 1 aromatic carbocycles. The van der Waals surface area contributed by atoms with Crippen LogP contribution >= 0.6 is 11.3 Å². The Labute approximate surface area is 175 Å². The first-order valence-corrected chi connectivity index (χ1v) is 9.72. The lowest BCUT2D eigenvalue weighted by molar-refractivity contribution is -0.119. The monoisotopic (exact) mass is 429 g/mol. The standard InChI is InChI=1S/C20H19N3O6S/c1-11-16(12(2)29-23-11)9-27-14-5-3-4-13(8-14)20(26)28-10-17(24)22-19-15(18(21)25)6-7-30-19/h3-8H,9-10H2,1-2H3,(H2,21,25)(H,22,24). The van der Waals surface area contributed by atoms with Crippen molar-refractivity contribution < 1.29 is 28.4 Å². The van der Waals surface area contributed by atoms with E-state index in [1.165, 1.54) is 12.1 Å². The van der Waals surface area contributed by atoms with Crippen LogP contribution in [0, 0.1) is 13.8 Å². The van der Waals surface area contributed by atoms with Gasteiger partial charge in [0.2, 0.25) is 0 Å². The molecule has 3 N–H and O–H groups in total. The summed E-state index contributed by atoms with van der Waals surface area (Å²) in [5.74, 6) is -0.803. The fourth-order valence-electron chi connectivity index (χ4n) is 2.55. The van der Waals surface area contributed by atoms with Crippen LogP contribution in [0.5, 0.6) is 5.75 Å². The normalized spacial score (nSPS) is 10.5. The molecule has 0 bridgehead atoms. The highest BCUT2D eigenvalue weighted by molar-refractivity contribution is 7.14. The summed E-state index contributed by atoms with van der Waals surface area (Å²) in [5, 5.41) is 8.29. The fraction of sp³-hybridized carbons (Fsp3) is 0.200. The average Bonchev–Trinajstić information content (AvgIpc) is 3.31. The Morgan fingerprint density at radius 2 is 2.03 bits per heavy atom. The zero-order valence-electron chi connectivity index (χ0n) is 16.3. The van der Waals surface area contributed by atoms with Gasteiger partial charge in [-0.2, -0.15) is 0 Å². The number of rotatable bonds is 8. The van der Waals surface area contributed by atoms with Gasteiger partial charge in [-0.15, -0.1) is 11.3 Å². The number of primary amides is 1. The molecule has 0 atom stereocenters. The Kier molecular flexibility index (Phi) is 6.48. The maximum Gasteiger partial charge on any atom is 0.338 e. The molecule has 2 aromatic heterocycles. The fourth-order valence-corrected chi connectivity index (χ4v) is 3.36. The number of anilines is 1. The highest BCUT2D eigenvalue weighted by atomic mass is 32.1. The van der Waals surface area contributed by atoms with Gasteiger partial charge in [0.1, 0.15) is 23.1 Å². The molecule has 0 aliphatic heterocycles. The molecule has 0 unspecified atom stereocenters. The number of hydrogen-bond acceptors (Lipinski definition) is 8. The minimum absolute atomic E-state index is 0.197. The molecule has 3 rings (SSSR count). The number of aromatic nitrogens is 1. The molecule has 0 saturated carbocycles. The van der Waals surface area contributed by atoms with Gasteiger partial charge >= 0.3 is 5.97 Å². The summed E-state index contributed by atoms with van der Waals surface area (Å²) in [4.78, 5) is 35.6. The van der Waals surface area contributed by atoms with Crippen LogP contribution in [-0.4, -0.2) is 29.5 Å². The van der Waals surface area contributed by atoms with Gasteiger partial charge in [0.25, 0.3) is 11.8 Å². The Hall–Kier alpha value is -3.66. The molecule has 3 aromatic rings. The zero-order chi connectivity index (χ0) is 21.7. The molecule has 9 nitrogen and oxygen atoms in total. The van der Waals surface area contributed by atoms with Crippen LogP contribution < -0.4 is 15.8 Å². The van der Waals surface area contributed by atoms with E-state index in [-0.39, 0.29) is 17.7 Å². The van der Waals surface area contributed by atoms with Crippen molar-refractivity contribution in [3.63, 3.8) is 0 Å². The van der Waals surface area contributed by atoms with E-state index < -0.39 is 24.4 Å². The van der Waals surface area contributed by atoms with Gasteiger partial charge in [0, 0.05) is 0 Å². The largest absolute Gasteiger partial charge is 0.489 e. The highest BCUT2D eigenvalue weighted by Crippen LogP contribution is 2.22. The van der Waals surface area contributed by atoms with Gasteiger partial charge in [-0.1, -0.05) is 11.2 Å². The van der Waals surface area contributed by atoms with E-state index >= 15 is 0 Å². The van der Waals surface area contributed by atoms with Crippen LogP contribution in [0.4, 0.5) is 5.00 Å². The van der Waals surface area contributed by atoms with Gasteiger partial charge in [0.05, 0.1) is 22.4 Å². The third kappa shape index (κ3) is 5.03. The first-order chi connectivity index (χ1) is 14.3. The van der Waals surface area contributed by atoms with Crippen molar-refractivity contribution in [2.45, 2.75) is 20.5 Å². The van der Waals surface area contributed by atoms with E-state index in [1.54, 1.807) is 30.5 Å². The number of ether oxygens (including phenoxy) is 2. The summed E-state index contributed by atoms with van der Waals surface area (Å²) < 4.78 is 15.8. The molecule has 2 heterocycles. The Balaban J connectivity index is 1.55. The molecule has 0 saturated heterocycles. The van der Waals surface area contributed by atoms with Gasteiger partial charge in [-0.25, -0.2) is 4.79 Å². The Morgan fingerprint density at radius 3 is 2.73 bits per heavy atom. The summed E-state index contributed by atoms with van der Waals surface area (Å²) in [6.07, 6.45) is 0. The van der Waals surface area contributed by atoms with E-state index in [0.717, 1.165) is 22.6 Å². The van der Waals surface area contributed by atoms with Crippen LogP contribution in [0.1, 0.15) is 37.7 Å². The van der Waals surface area contributed by atoms with Gasteiger partial charge < -0.3 is 25.0 Å². The number of benzene rings is 1. The van der Waals surface area contributed by atoms with Gasteiger partial charge in [-0.05, 0) is 43.5 Å². The van der Waals surface area contributed by atoms with Crippen LogP contribution in [0.25, 0.3) is 0 Å². The third-order valence-electron chi connectivity index (χ3n) is 4.15. The summed E-state index contributed by atoms with van der Waals surface area (Å²) >= 11 is 1.14. The number of aryl methyl sites for hydroxylation is 2. The number of nitrogens with one attached hydrogen (secondary N) is 1. The second-order valence-electron chi connectivity index (χ2n) is 6.27. The van der Waals surface area contributed by atoms with Crippen LogP contribution in [0.3, 0.4) is 0 Å². The number of carbonyl (C=O) groups is 3. The maximum atomic E-state index is 12.3. The number of nitrogens with two attached hydrogens (primary N) is 1. The van der Waals surface area contributed by atoms with Gasteiger partial charge in [-0.3, -0.25) is 9.59 Å². The van der Waals surface area contributed by atoms with Crippen molar-refractivity contribution >= 4 is 34.1 Å². The van der Waals surface area contributed by atoms with Crippen LogP contribution in [-0.2, 0) is 16.1 Å². The molecule has 0 aliphatic rings. The first kappa shape index (κ1) is 21.1. The third-order valence-corrected chi connectivity index (χ3v) is 4.98. The molecule has 0 spiro atoms. The lowest BCUT2D eigenvalue weighted by Gasteiger charge is -2.09. The van der Waals surface area contributed by atoms with Crippen molar-refractivity contribution in [3.8, 4) is 5.75 Å². The van der Waals surface area contributed by atoms with Crippen molar-refractivity contribution in [2.24, 2.45) is 5.73 Å². The first-order valence-electron chi connectivity index (χ1n) is 8.84. The summed E-state index contributed by atoms with van der Waals surface area (Å²) in [5.41, 5.74) is 7.23. The number of hydrogen-bond donors (Lipinski definition) is 2. The van der Waals surface area contributed by atoms with Crippen molar-refractivity contribution in [2.75, 3.05) is 11.9 Å². The van der Waals surface area contributed by atoms with E-state index in [2.05, 4.69) is 10.5 Å². The SMILES string of the molecule is Cc1noc(C)c1COc1cccc(C(=O)OCC(=O)Nc2sccc2C(N)=O)c1. The topological polar surface area (TPSA) is 134 Å². The molecular formula is C20H19N3O6S. The minimum atomic E-state index is -0.686. The molecule has 0 radical (unpaired) electrons. The predicted octanol–water partition coefficient (Wildman–Crippen LogP) is 2.83. The van der Waals surface area contributed by atoms with E-state index in [1.807, 2.05) is 6.92 Å². The second-order valence-corrected chi connectivity index (χ2v) is 7.19. The highest BCUT2D eigenvalue weighted by Gasteiger charge is 2.15. The lowest BCUT2D eigenvalue weighted by Crippen LogP contribution is -2.22. The maximum absolute atomic E-state index is 12.3. The summed E-state index contributed by atoms with van der Waals surface area (Å²) in [7, 11) is 0. The van der Waals surface area contributed by atoms with Crippen molar-refractivity contribution in [1.82, 2.24) is 5.16 Å². The predicted molar refractivity (Wildman–Crippen MR) is 109 cm³/mol. The lowest BCUT2D eigenvalue weighted by atomic mass is 10.2. The molecule has 0 aliphatic carbocycles. The average molecular weight is 429 g/mol. The van der Waals surface area contributed by atoms with Crippen LogP contribution in [0.2, 0.25) is 0 Å². The van der Waals surface area contributed by atoms with E-state index in [4.69, 9.17) is 19.7 Å².